The Bertz CT molecular complexity index is 2960. The average molecular weight is 755 g/mol. The molecule has 12 heteroatoms. The van der Waals surface area contributed by atoms with Crippen molar-refractivity contribution in [2.24, 2.45) is 0 Å². The molecule has 9 N–H and O–H groups in total. The lowest BCUT2D eigenvalue weighted by Gasteiger charge is -2.11. The van der Waals surface area contributed by atoms with Crippen LogP contribution in [0, 0.1) is 0 Å². The highest BCUT2D eigenvalue weighted by atomic mass is 16.4. The molecular weight excluding hydrogens is 725 g/mol. The van der Waals surface area contributed by atoms with E-state index in [1.807, 2.05) is 0 Å². The van der Waals surface area contributed by atoms with Gasteiger partial charge in [-0.25, -0.2) is 14.8 Å². The molecule has 2 aliphatic rings. The number of carboxylic acid groups (broad SMARTS) is 1. The van der Waals surface area contributed by atoms with Crippen molar-refractivity contribution >= 4 is 52.3 Å². The zero-order chi connectivity index (χ0) is 39.5. The van der Waals surface area contributed by atoms with E-state index >= 15 is 0 Å². The van der Waals surface area contributed by atoms with Crippen molar-refractivity contribution < 1.29 is 40.5 Å². The largest absolute Gasteiger partial charge is 0.507 e. The number of nitrogens with zero attached hydrogens (tertiary/aromatic N) is 2. The molecule has 0 amide bonds. The van der Waals surface area contributed by atoms with E-state index in [9.17, 15) is 40.5 Å². The zero-order valence-electron chi connectivity index (χ0n) is 29.6. The summed E-state index contributed by atoms with van der Waals surface area (Å²) in [5.41, 5.74) is 5.61. The minimum Gasteiger partial charge on any atom is -0.507 e. The fourth-order valence-electron chi connectivity index (χ4n) is 7.43. The number of phenols is 6. The molecule has 0 radical (unpaired) electrons. The number of benzene rings is 4. The number of phenolic OH excluding ortho intramolecular Hbond substituents is 6. The van der Waals surface area contributed by atoms with E-state index in [-0.39, 0.29) is 56.8 Å². The summed E-state index contributed by atoms with van der Waals surface area (Å²) in [7, 11) is 0. The van der Waals surface area contributed by atoms with Crippen LogP contribution in [0.1, 0.15) is 33.1 Å². The highest BCUT2D eigenvalue weighted by molar-refractivity contribution is 6.03. The van der Waals surface area contributed by atoms with Gasteiger partial charge in [-0.1, -0.05) is 30.3 Å². The van der Waals surface area contributed by atoms with Crippen molar-refractivity contribution in [3.63, 3.8) is 0 Å². The Labute approximate surface area is 322 Å². The first-order valence-electron chi connectivity index (χ1n) is 17.6. The molecule has 2 aliphatic heterocycles. The molecule has 0 saturated carbocycles. The van der Waals surface area contributed by atoms with Gasteiger partial charge in [0.1, 0.15) is 34.5 Å². The van der Waals surface area contributed by atoms with Crippen LogP contribution in [0.15, 0.2) is 103 Å². The average Bonchev–Trinajstić information content (AvgIpc) is 4.03. The van der Waals surface area contributed by atoms with Crippen LogP contribution < -0.4 is 0 Å². The lowest BCUT2D eigenvalue weighted by atomic mass is 10.0. The van der Waals surface area contributed by atoms with Gasteiger partial charge in [0.25, 0.3) is 0 Å². The maximum Gasteiger partial charge on any atom is 0.335 e. The maximum absolute atomic E-state index is 11.8. The van der Waals surface area contributed by atoms with Gasteiger partial charge < -0.3 is 45.7 Å². The monoisotopic (exact) mass is 754 g/mol. The zero-order valence-corrected chi connectivity index (χ0v) is 29.6. The number of aromatic hydroxyl groups is 6. The van der Waals surface area contributed by atoms with E-state index in [1.54, 1.807) is 60.7 Å². The highest BCUT2D eigenvalue weighted by Gasteiger charge is 2.24. The van der Waals surface area contributed by atoms with Gasteiger partial charge in [-0.05, 0) is 103 Å². The second kappa shape index (κ2) is 13.2. The lowest BCUT2D eigenvalue weighted by molar-refractivity contribution is 0.0697. The fourth-order valence-corrected chi connectivity index (χ4v) is 7.43. The molecule has 12 nitrogen and oxygen atoms in total. The second-order valence-electron chi connectivity index (χ2n) is 13.4. The predicted molar refractivity (Wildman–Crippen MR) is 218 cm³/mol. The summed E-state index contributed by atoms with van der Waals surface area (Å²) in [5, 5.41) is 76.9. The number of aromatic nitrogens is 4. The number of rotatable bonds is 5. The number of carboxylic acids is 1. The van der Waals surface area contributed by atoms with Gasteiger partial charge >= 0.3 is 5.97 Å². The first-order valence-corrected chi connectivity index (χ1v) is 17.6. The van der Waals surface area contributed by atoms with E-state index in [2.05, 4.69) is 9.97 Å². The molecule has 0 fully saturated rings. The van der Waals surface area contributed by atoms with Crippen molar-refractivity contribution in [3.05, 3.63) is 131 Å². The van der Waals surface area contributed by atoms with Gasteiger partial charge in [-0.3, -0.25) is 0 Å². The van der Waals surface area contributed by atoms with Gasteiger partial charge in [0.2, 0.25) is 0 Å². The summed E-state index contributed by atoms with van der Waals surface area (Å²) in [4.78, 5) is 28.6. The van der Waals surface area contributed by atoms with Crippen molar-refractivity contribution in [2.75, 3.05) is 0 Å². The van der Waals surface area contributed by atoms with Crippen molar-refractivity contribution in [2.45, 2.75) is 0 Å². The van der Waals surface area contributed by atoms with Gasteiger partial charge in [-0.2, -0.15) is 0 Å². The first-order chi connectivity index (χ1) is 27.6. The number of H-pyrrole nitrogens is 2. The van der Waals surface area contributed by atoms with Crippen LogP contribution in [0.2, 0.25) is 0 Å². The molecule has 8 bridgehead atoms. The van der Waals surface area contributed by atoms with Crippen molar-refractivity contribution in [1.82, 2.24) is 19.9 Å². The number of nitrogens with one attached hydrogen (secondary N) is 2. The Morgan fingerprint density at radius 2 is 0.684 bits per heavy atom. The standard InChI is InChI=1S/C45H30N4O8/c50-32-4-1-5-33(51)42(32)39-26-16-14-24(46-26)38(22-10-12-23(13-11-22)45(56)57)25-15-17-27(47-25)40(43-34(52)6-2-7-35(43)53)29-19-21-31(49-29)41(30-20-18-28(39)48-30)44-36(54)8-3-9-37(44)55/h1-21,46,49-55H,(H,56,57). The Morgan fingerprint density at radius 1 is 0.386 bits per heavy atom. The van der Waals surface area contributed by atoms with E-state index < -0.39 is 5.97 Å². The third-order valence-corrected chi connectivity index (χ3v) is 9.99. The van der Waals surface area contributed by atoms with E-state index in [0.717, 1.165) is 0 Å². The van der Waals surface area contributed by atoms with Crippen LogP contribution in [0.4, 0.5) is 0 Å². The normalized spacial score (nSPS) is 11.9. The Kier molecular flexibility index (Phi) is 8.02. The van der Waals surface area contributed by atoms with Crippen molar-refractivity contribution in [1.29, 1.82) is 0 Å². The maximum atomic E-state index is 11.8. The topological polar surface area (TPSA) is 216 Å². The fraction of sp³-hybridized carbons (Fsp3) is 0. The molecular formula is C45H30N4O8. The second-order valence-corrected chi connectivity index (χ2v) is 13.4. The minimum absolute atomic E-state index is 0.0691. The summed E-state index contributed by atoms with van der Waals surface area (Å²) in [6.45, 7) is 0. The molecule has 0 aliphatic carbocycles. The van der Waals surface area contributed by atoms with Crippen LogP contribution in [0.3, 0.4) is 0 Å². The number of fused-ring (bicyclic) bond motifs is 8. The van der Waals surface area contributed by atoms with Gasteiger partial charge in [-0.15, -0.1) is 0 Å². The lowest BCUT2D eigenvalue weighted by Crippen LogP contribution is -1.95. The Morgan fingerprint density at radius 3 is 1.00 bits per heavy atom. The number of carbonyl (C=O) groups is 1. The first kappa shape index (κ1) is 34.5. The smallest absolute Gasteiger partial charge is 0.335 e. The molecule has 0 saturated heterocycles. The molecule has 0 unspecified atom stereocenters. The predicted octanol–water partition coefficient (Wildman–Crippen LogP) is 9.26. The molecule has 0 atom stereocenters. The molecule has 0 spiro atoms. The van der Waals surface area contributed by atoms with Crippen LogP contribution in [0.5, 0.6) is 34.5 Å². The summed E-state index contributed by atoms with van der Waals surface area (Å²) in [5.74, 6) is -2.44. The van der Waals surface area contributed by atoms with Crippen molar-refractivity contribution in [3.8, 4) is 79.0 Å². The number of aromatic carboxylic acids is 1. The Balaban J connectivity index is 1.51. The van der Waals surface area contributed by atoms with E-state index in [1.165, 1.54) is 66.7 Å². The van der Waals surface area contributed by atoms with Crippen LogP contribution >= 0.6 is 0 Å². The van der Waals surface area contributed by atoms with Gasteiger partial charge in [0, 0.05) is 44.3 Å². The van der Waals surface area contributed by atoms with E-state index in [0.29, 0.717) is 72.7 Å². The van der Waals surface area contributed by atoms with Crippen LogP contribution in [-0.2, 0) is 0 Å². The third-order valence-electron chi connectivity index (χ3n) is 9.99. The summed E-state index contributed by atoms with van der Waals surface area (Å²) in [6, 6.07) is 26.4. The van der Waals surface area contributed by atoms with Crippen LogP contribution in [0.25, 0.3) is 90.9 Å². The summed E-state index contributed by atoms with van der Waals surface area (Å²) >= 11 is 0. The molecule has 57 heavy (non-hydrogen) atoms. The number of aromatic amines is 2. The number of hydrogen-bond acceptors (Lipinski definition) is 9. The minimum atomic E-state index is -1.09. The highest BCUT2D eigenvalue weighted by Crippen LogP contribution is 2.47. The summed E-state index contributed by atoms with van der Waals surface area (Å²) in [6.07, 6.45) is 6.86. The summed E-state index contributed by atoms with van der Waals surface area (Å²) < 4.78 is 0. The SMILES string of the molecule is O=C(O)c1ccc(-c2c3nc(c(-c4c(O)cccc4O)c4ccc([nH]4)c(-c4c(O)cccc4O)c4nc(c(-c5c(O)cccc5O)c5ccc2[nH]5)C=C4)C=C3)cc1. The van der Waals surface area contributed by atoms with Gasteiger partial charge in [0.05, 0.1) is 45.0 Å². The Hall–Kier alpha value is -8.25. The molecule has 278 valence electrons. The number of hydrogen-bond donors (Lipinski definition) is 9. The van der Waals surface area contributed by atoms with Crippen LogP contribution in [-0.4, -0.2) is 61.7 Å². The quantitative estimate of drug-likeness (QED) is 0.0811. The third kappa shape index (κ3) is 5.76. The molecule has 9 rings (SSSR count). The molecule has 3 aromatic heterocycles. The molecule has 5 heterocycles. The molecule has 7 aromatic rings. The van der Waals surface area contributed by atoms with Gasteiger partial charge in [0.15, 0.2) is 0 Å². The molecule has 4 aromatic carbocycles. The van der Waals surface area contributed by atoms with E-state index in [4.69, 9.17) is 9.97 Å².